The molecule has 2 bridgehead atoms. The Labute approximate surface area is 159 Å². The molecule has 4 aliphatic rings. The number of fused-ring (bicyclic) bond motifs is 1. The Hall–Kier alpha value is -1.18. The molecule has 1 aliphatic heterocycles. The van der Waals surface area contributed by atoms with Crippen molar-refractivity contribution < 1.29 is 17.9 Å². The quantitative estimate of drug-likeness (QED) is 0.563. The Bertz CT molecular complexity index is 847. The predicted molar refractivity (Wildman–Crippen MR) is 101 cm³/mol. The van der Waals surface area contributed by atoms with E-state index in [4.69, 9.17) is 4.74 Å². The van der Waals surface area contributed by atoms with Gasteiger partial charge in [-0.3, -0.25) is 0 Å². The van der Waals surface area contributed by atoms with E-state index in [1.54, 1.807) is 5.38 Å². The smallest absolute Gasteiger partial charge is 0.350 e. The summed E-state index contributed by atoms with van der Waals surface area (Å²) in [6, 6.07) is 1.52. The Morgan fingerprint density at radius 2 is 2.08 bits per heavy atom. The van der Waals surface area contributed by atoms with Gasteiger partial charge in [0.25, 0.3) is 0 Å². The van der Waals surface area contributed by atoms with E-state index in [-0.39, 0.29) is 21.8 Å². The summed E-state index contributed by atoms with van der Waals surface area (Å²) in [5, 5.41) is 1.65. The largest absolute Gasteiger partial charge is 0.457 e. The molecule has 2 fully saturated rings. The van der Waals surface area contributed by atoms with Crippen LogP contribution in [0.1, 0.15) is 49.2 Å². The highest BCUT2D eigenvalue weighted by molar-refractivity contribution is 7.89. The Morgan fingerprint density at radius 3 is 2.73 bits per heavy atom. The van der Waals surface area contributed by atoms with E-state index in [1.165, 1.54) is 22.4 Å². The minimum Gasteiger partial charge on any atom is -0.457 e. The standard InChI is InChI=1S/C19H25NO4S2/c1-19(2)14-6-5-13(15(19)11-14)12-24-18(21)17-16(7-10-25-17)26(22,23)20-8-3-4-9-20/h5,7,10,14-15H,3-4,6,8-9,11-12H2,1-2H3/t14-,15-/m0/s1. The summed E-state index contributed by atoms with van der Waals surface area (Å²) in [6.07, 6.45) is 6.16. The number of sulfonamides is 1. The molecule has 1 saturated heterocycles. The molecule has 2 heterocycles. The van der Waals surface area contributed by atoms with Gasteiger partial charge < -0.3 is 4.74 Å². The zero-order valence-electron chi connectivity index (χ0n) is 15.2. The van der Waals surface area contributed by atoms with Crippen molar-refractivity contribution in [2.75, 3.05) is 19.7 Å². The fourth-order valence-electron chi connectivity index (χ4n) is 4.57. The highest BCUT2D eigenvalue weighted by Gasteiger charge is 2.51. The minimum atomic E-state index is -3.61. The fourth-order valence-corrected chi connectivity index (χ4v) is 7.37. The van der Waals surface area contributed by atoms with Crippen LogP contribution in [0.5, 0.6) is 0 Å². The van der Waals surface area contributed by atoms with Gasteiger partial charge in [-0.1, -0.05) is 19.9 Å². The molecular formula is C19H25NO4S2. The third-order valence-corrected chi connectivity index (χ3v) is 9.41. The molecule has 5 nitrogen and oxygen atoms in total. The monoisotopic (exact) mass is 395 g/mol. The van der Waals surface area contributed by atoms with E-state index in [2.05, 4.69) is 19.9 Å². The first-order valence-corrected chi connectivity index (χ1v) is 11.6. The van der Waals surface area contributed by atoms with E-state index in [0.29, 0.717) is 19.0 Å². The van der Waals surface area contributed by atoms with E-state index in [9.17, 15) is 13.2 Å². The summed E-state index contributed by atoms with van der Waals surface area (Å²) in [7, 11) is -3.61. The molecule has 0 amide bonds. The molecule has 1 aromatic heterocycles. The number of ether oxygens (including phenoxy) is 1. The first kappa shape index (κ1) is 18.2. The van der Waals surface area contributed by atoms with E-state index in [0.717, 1.165) is 36.5 Å². The molecule has 7 heteroatoms. The number of thiophene rings is 1. The van der Waals surface area contributed by atoms with E-state index >= 15 is 0 Å². The number of carbonyl (C=O) groups is 1. The van der Waals surface area contributed by atoms with Crippen LogP contribution in [0.4, 0.5) is 0 Å². The van der Waals surface area contributed by atoms with E-state index < -0.39 is 16.0 Å². The molecule has 0 aromatic carbocycles. The molecule has 5 rings (SSSR count). The minimum absolute atomic E-state index is 0.0936. The number of nitrogens with zero attached hydrogens (tertiary/aromatic N) is 1. The van der Waals surface area contributed by atoms with E-state index in [1.807, 2.05) is 0 Å². The van der Waals surface area contributed by atoms with Crippen LogP contribution in [-0.4, -0.2) is 38.4 Å². The predicted octanol–water partition coefficient (Wildman–Crippen LogP) is 3.68. The zero-order chi connectivity index (χ0) is 18.5. The van der Waals surface area contributed by atoms with Crippen molar-refractivity contribution in [3.05, 3.63) is 28.0 Å². The number of esters is 1. The first-order chi connectivity index (χ1) is 12.3. The summed E-state index contributed by atoms with van der Waals surface area (Å²) in [5.74, 6) is 0.685. The first-order valence-electron chi connectivity index (χ1n) is 9.25. The lowest BCUT2D eigenvalue weighted by Gasteiger charge is -2.56. The molecule has 3 aliphatic carbocycles. The van der Waals surface area contributed by atoms with Crippen LogP contribution in [0.25, 0.3) is 0 Å². The lowest BCUT2D eigenvalue weighted by Crippen LogP contribution is -2.48. The summed E-state index contributed by atoms with van der Waals surface area (Å²) >= 11 is 1.14. The van der Waals surface area contributed by atoms with Gasteiger partial charge in [0.1, 0.15) is 16.4 Å². The highest BCUT2D eigenvalue weighted by atomic mass is 32.2. The van der Waals surface area contributed by atoms with Gasteiger partial charge in [-0.05, 0) is 60.0 Å². The molecule has 26 heavy (non-hydrogen) atoms. The van der Waals surface area contributed by atoms with Crippen molar-refractivity contribution in [1.29, 1.82) is 0 Å². The van der Waals surface area contributed by atoms with Crippen LogP contribution in [-0.2, 0) is 14.8 Å². The molecule has 2 atom stereocenters. The van der Waals surface area contributed by atoms with Crippen LogP contribution >= 0.6 is 11.3 Å². The number of allylic oxidation sites excluding steroid dienone is 1. The number of hydrogen-bond acceptors (Lipinski definition) is 5. The van der Waals surface area contributed by atoms with Crippen molar-refractivity contribution in [2.24, 2.45) is 17.3 Å². The lowest BCUT2D eigenvalue weighted by molar-refractivity contribution is -0.0155. The Kier molecular flexibility index (Phi) is 4.52. The second kappa shape index (κ2) is 6.46. The van der Waals surface area contributed by atoms with Crippen molar-refractivity contribution >= 4 is 27.3 Å². The molecule has 142 valence electrons. The van der Waals surface area contributed by atoms with Gasteiger partial charge in [0.05, 0.1) is 0 Å². The summed E-state index contributed by atoms with van der Waals surface area (Å²) in [4.78, 5) is 12.9. The second-order valence-electron chi connectivity index (χ2n) is 8.12. The maximum absolute atomic E-state index is 12.8. The average Bonchev–Trinajstić information content (AvgIpc) is 3.31. The maximum Gasteiger partial charge on any atom is 0.350 e. The van der Waals surface area contributed by atoms with Crippen molar-refractivity contribution in [1.82, 2.24) is 4.31 Å². The summed E-state index contributed by atoms with van der Waals surface area (Å²) in [6.45, 7) is 5.87. The average molecular weight is 396 g/mol. The van der Waals surface area contributed by atoms with Gasteiger partial charge in [0.2, 0.25) is 10.0 Å². The molecular weight excluding hydrogens is 370 g/mol. The van der Waals surface area contributed by atoms with Crippen LogP contribution in [0, 0.1) is 17.3 Å². The molecule has 1 saturated carbocycles. The SMILES string of the molecule is CC1(C)[C@H]2CC=C(COC(=O)c3sccc3S(=O)(=O)N3CCCC3)[C@@H]1C2. The molecule has 0 spiro atoms. The summed E-state index contributed by atoms with van der Waals surface area (Å²) in [5.41, 5.74) is 1.47. The number of carbonyl (C=O) groups excluding carboxylic acids is 1. The topological polar surface area (TPSA) is 63.7 Å². The van der Waals surface area contributed by atoms with Gasteiger partial charge in [-0.15, -0.1) is 11.3 Å². The Balaban J connectivity index is 1.47. The number of rotatable bonds is 5. The van der Waals surface area contributed by atoms with Crippen molar-refractivity contribution in [3.8, 4) is 0 Å². The fraction of sp³-hybridized carbons (Fsp3) is 0.632. The number of hydrogen-bond donors (Lipinski definition) is 0. The van der Waals surface area contributed by atoms with Gasteiger partial charge in [-0.2, -0.15) is 4.31 Å². The molecule has 0 radical (unpaired) electrons. The van der Waals surface area contributed by atoms with Crippen LogP contribution in [0.2, 0.25) is 0 Å². The van der Waals surface area contributed by atoms with Gasteiger partial charge >= 0.3 is 5.97 Å². The highest BCUT2D eigenvalue weighted by Crippen LogP contribution is 2.59. The normalized spacial score (nSPS) is 27.7. The second-order valence-corrected chi connectivity index (χ2v) is 10.9. The van der Waals surface area contributed by atoms with Gasteiger partial charge in [0, 0.05) is 13.1 Å². The van der Waals surface area contributed by atoms with Crippen molar-refractivity contribution in [2.45, 2.75) is 44.4 Å². The molecule has 0 unspecified atom stereocenters. The third-order valence-electron chi connectivity index (χ3n) is 6.45. The van der Waals surface area contributed by atoms with Crippen LogP contribution < -0.4 is 0 Å². The maximum atomic E-state index is 12.8. The van der Waals surface area contributed by atoms with Gasteiger partial charge in [-0.25, -0.2) is 13.2 Å². The zero-order valence-corrected chi connectivity index (χ0v) is 16.9. The lowest BCUT2D eigenvalue weighted by atomic mass is 9.49. The molecule has 1 aromatic rings. The van der Waals surface area contributed by atoms with Crippen LogP contribution in [0.15, 0.2) is 28.0 Å². The van der Waals surface area contributed by atoms with Crippen LogP contribution in [0.3, 0.4) is 0 Å². The van der Waals surface area contributed by atoms with Gasteiger partial charge in [0.15, 0.2) is 0 Å². The Morgan fingerprint density at radius 1 is 1.35 bits per heavy atom. The van der Waals surface area contributed by atoms with Crippen molar-refractivity contribution in [3.63, 3.8) is 0 Å². The summed E-state index contributed by atoms with van der Waals surface area (Å²) < 4.78 is 32.6. The molecule has 0 N–H and O–H groups in total. The third kappa shape index (κ3) is 2.84.